The molecule has 0 spiro atoms. The fourth-order valence-corrected chi connectivity index (χ4v) is 3.56. The first-order valence-corrected chi connectivity index (χ1v) is 6.72. The molecule has 17 heavy (non-hydrogen) atoms. The number of nitrogens with two attached hydrogens (primary N) is 1. The van der Waals surface area contributed by atoms with E-state index in [0.29, 0.717) is 16.2 Å². The lowest BCUT2D eigenvalue weighted by atomic mass is 10.2. The van der Waals surface area contributed by atoms with Crippen LogP contribution in [0.3, 0.4) is 0 Å². The van der Waals surface area contributed by atoms with Gasteiger partial charge in [0.1, 0.15) is 11.5 Å². The maximum atomic E-state index is 7.58. The quantitative estimate of drug-likeness (QED) is 0.619. The molecule has 0 bridgehead atoms. The van der Waals surface area contributed by atoms with Gasteiger partial charge in [-0.05, 0) is 12.1 Å². The lowest BCUT2D eigenvalue weighted by Gasteiger charge is -2.36. The van der Waals surface area contributed by atoms with E-state index in [9.17, 15) is 0 Å². The second-order valence-corrected chi connectivity index (χ2v) is 6.33. The Morgan fingerprint density at radius 1 is 1.47 bits per heavy atom. The van der Waals surface area contributed by atoms with Gasteiger partial charge in [0.05, 0.1) is 5.69 Å². The van der Waals surface area contributed by atoms with Crippen molar-refractivity contribution >= 4 is 23.3 Å². The van der Waals surface area contributed by atoms with Gasteiger partial charge in [-0.25, -0.2) is 0 Å². The summed E-state index contributed by atoms with van der Waals surface area (Å²) in [4.78, 5) is 6.49. The molecular formula is C12H18N4S. The summed E-state index contributed by atoms with van der Waals surface area (Å²) in [6.07, 6.45) is 1.69. The summed E-state index contributed by atoms with van der Waals surface area (Å²) in [5.74, 6) is 0.0409. The highest BCUT2D eigenvalue weighted by Crippen LogP contribution is 2.29. The molecule has 0 aliphatic carbocycles. The molecule has 1 aliphatic rings. The van der Waals surface area contributed by atoms with Crippen molar-refractivity contribution in [2.75, 3.05) is 18.0 Å². The first-order chi connectivity index (χ1) is 8.08. The van der Waals surface area contributed by atoms with Gasteiger partial charge in [-0.15, -0.1) is 0 Å². The van der Waals surface area contributed by atoms with Crippen LogP contribution in [0.5, 0.6) is 0 Å². The minimum Gasteiger partial charge on any atom is -0.382 e. The Bertz CT molecular complexity index is 411. The number of aromatic nitrogens is 1. The molecule has 1 aliphatic heterocycles. The van der Waals surface area contributed by atoms with Gasteiger partial charge in [-0.1, -0.05) is 13.8 Å². The summed E-state index contributed by atoms with van der Waals surface area (Å²) in [7, 11) is 0. The van der Waals surface area contributed by atoms with Crippen molar-refractivity contribution in [3.8, 4) is 0 Å². The van der Waals surface area contributed by atoms with E-state index < -0.39 is 0 Å². The number of nitrogens with one attached hydrogen (secondary N) is 1. The third kappa shape index (κ3) is 2.72. The van der Waals surface area contributed by atoms with Crippen LogP contribution in [0, 0.1) is 5.41 Å². The summed E-state index contributed by atoms with van der Waals surface area (Å²) in [6.45, 7) is 6.44. The zero-order valence-corrected chi connectivity index (χ0v) is 11.0. The van der Waals surface area contributed by atoms with Crippen LogP contribution >= 0.6 is 11.8 Å². The van der Waals surface area contributed by atoms with Crippen LogP contribution in [0.25, 0.3) is 0 Å². The van der Waals surface area contributed by atoms with E-state index in [0.717, 1.165) is 18.8 Å². The van der Waals surface area contributed by atoms with Crippen molar-refractivity contribution in [3.05, 3.63) is 24.0 Å². The molecule has 1 fully saturated rings. The van der Waals surface area contributed by atoms with E-state index in [1.807, 2.05) is 23.9 Å². The number of rotatable bonds is 2. The molecule has 3 N–H and O–H groups in total. The van der Waals surface area contributed by atoms with E-state index >= 15 is 0 Å². The van der Waals surface area contributed by atoms with Gasteiger partial charge in [-0.3, -0.25) is 10.4 Å². The first-order valence-electron chi connectivity index (χ1n) is 5.77. The van der Waals surface area contributed by atoms with Crippen LogP contribution in [0.4, 0.5) is 5.69 Å². The van der Waals surface area contributed by atoms with Crippen molar-refractivity contribution in [3.63, 3.8) is 0 Å². The predicted molar refractivity (Wildman–Crippen MR) is 74.0 cm³/mol. The molecule has 1 aromatic rings. The largest absolute Gasteiger partial charge is 0.382 e. The molecule has 0 amide bonds. The molecule has 4 nitrogen and oxygen atoms in total. The SMILES string of the molecule is CC1CN(c2cccnc2C(=N)N)CC(C)S1. The highest BCUT2D eigenvalue weighted by atomic mass is 32.2. The number of pyridine rings is 1. The van der Waals surface area contributed by atoms with Crippen LogP contribution < -0.4 is 10.6 Å². The van der Waals surface area contributed by atoms with Crippen molar-refractivity contribution in [2.24, 2.45) is 5.73 Å². The average molecular weight is 250 g/mol. The van der Waals surface area contributed by atoms with Crippen molar-refractivity contribution in [1.82, 2.24) is 4.98 Å². The van der Waals surface area contributed by atoms with Gasteiger partial charge in [0.25, 0.3) is 0 Å². The molecule has 2 heterocycles. The lowest BCUT2D eigenvalue weighted by molar-refractivity contribution is 0.726. The Balaban J connectivity index is 2.30. The summed E-state index contributed by atoms with van der Waals surface area (Å²) in [5.41, 5.74) is 7.16. The average Bonchev–Trinajstić information content (AvgIpc) is 2.27. The number of anilines is 1. The monoisotopic (exact) mass is 250 g/mol. The summed E-state index contributed by atoms with van der Waals surface area (Å²) >= 11 is 2.01. The number of amidine groups is 1. The molecule has 5 heteroatoms. The smallest absolute Gasteiger partial charge is 0.143 e. The van der Waals surface area contributed by atoms with Gasteiger partial charge in [0, 0.05) is 29.8 Å². The van der Waals surface area contributed by atoms with E-state index in [2.05, 4.69) is 23.7 Å². The molecule has 2 atom stereocenters. The first kappa shape index (κ1) is 12.2. The predicted octanol–water partition coefficient (Wildman–Crippen LogP) is 1.70. The third-order valence-corrected chi connectivity index (χ3v) is 4.03. The van der Waals surface area contributed by atoms with Gasteiger partial charge >= 0.3 is 0 Å². The number of hydrogen-bond acceptors (Lipinski definition) is 4. The Morgan fingerprint density at radius 2 is 2.12 bits per heavy atom. The van der Waals surface area contributed by atoms with E-state index in [1.165, 1.54) is 0 Å². The fraction of sp³-hybridized carbons (Fsp3) is 0.500. The van der Waals surface area contributed by atoms with Crippen LogP contribution in [0.15, 0.2) is 18.3 Å². The van der Waals surface area contributed by atoms with Gasteiger partial charge in [0.15, 0.2) is 0 Å². The molecule has 92 valence electrons. The zero-order chi connectivity index (χ0) is 12.4. The summed E-state index contributed by atoms with van der Waals surface area (Å²) in [5, 5.41) is 8.77. The Kier molecular flexibility index (Phi) is 3.57. The second kappa shape index (κ2) is 4.96. The highest BCUT2D eigenvalue weighted by molar-refractivity contribution is 8.00. The minimum atomic E-state index is 0.0409. The Morgan fingerprint density at radius 3 is 2.71 bits per heavy atom. The number of hydrogen-bond donors (Lipinski definition) is 2. The van der Waals surface area contributed by atoms with Crippen molar-refractivity contribution in [1.29, 1.82) is 5.41 Å². The normalized spacial score (nSPS) is 24.7. The summed E-state index contributed by atoms with van der Waals surface area (Å²) < 4.78 is 0. The Hall–Kier alpha value is -1.23. The molecule has 0 aromatic carbocycles. The van der Waals surface area contributed by atoms with Crippen LogP contribution in [0.2, 0.25) is 0 Å². The maximum absolute atomic E-state index is 7.58. The second-order valence-electron chi connectivity index (χ2n) is 4.45. The maximum Gasteiger partial charge on any atom is 0.143 e. The molecule has 0 radical (unpaired) electrons. The molecule has 2 rings (SSSR count). The Labute approximate surface area is 106 Å². The molecular weight excluding hydrogens is 232 g/mol. The van der Waals surface area contributed by atoms with Crippen LogP contribution in [-0.2, 0) is 0 Å². The van der Waals surface area contributed by atoms with Crippen molar-refractivity contribution in [2.45, 2.75) is 24.3 Å². The van der Waals surface area contributed by atoms with Crippen LogP contribution in [0.1, 0.15) is 19.5 Å². The van der Waals surface area contributed by atoms with Gasteiger partial charge in [0.2, 0.25) is 0 Å². The van der Waals surface area contributed by atoms with E-state index in [4.69, 9.17) is 11.1 Å². The number of thioether (sulfide) groups is 1. The molecule has 0 saturated carbocycles. The van der Waals surface area contributed by atoms with E-state index in [1.54, 1.807) is 6.20 Å². The number of nitrogens with zero attached hydrogens (tertiary/aromatic N) is 2. The zero-order valence-electron chi connectivity index (χ0n) is 10.2. The lowest BCUT2D eigenvalue weighted by Crippen LogP contribution is -2.41. The third-order valence-electron chi connectivity index (χ3n) is 2.80. The minimum absolute atomic E-state index is 0.0409. The number of nitrogen functional groups attached to an aromatic ring is 1. The molecule has 2 unspecified atom stereocenters. The molecule has 1 saturated heterocycles. The molecule has 1 aromatic heterocycles. The van der Waals surface area contributed by atoms with Gasteiger partial charge < -0.3 is 10.6 Å². The van der Waals surface area contributed by atoms with Crippen LogP contribution in [-0.4, -0.2) is 34.4 Å². The fourth-order valence-electron chi connectivity index (χ4n) is 2.23. The highest BCUT2D eigenvalue weighted by Gasteiger charge is 2.24. The summed E-state index contributed by atoms with van der Waals surface area (Å²) in [6, 6.07) is 3.90. The standard InChI is InChI=1S/C12H18N4S/c1-8-6-16(7-9(2)17-8)10-4-3-5-15-11(10)12(13)14/h3-5,8-9H,6-7H2,1-2H3,(H3,13,14). The van der Waals surface area contributed by atoms with Gasteiger partial charge in [-0.2, -0.15) is 11.8 Å². The van der Waals surface area contributed by atoms with Crippen molar-refractivity contribution < 1.29 is 0 Å². The van der Waals surface area contributed by atoms with E-state index in [-0.39, 0.29) is 5.84 Å². The topological polar surface area (TPSA) is 66.0 Å².